The highest BCUT2D eigenvalue weighted by Gasteiger charge is 2.16. The van der Waals surface area contributed by atoms with Gasteiger partial charge in [-0.05, 0) is 35.4 Å². The molecule has 0 aliphatic carbocycles. The Bertz CT molecular complexity index is 886. The van der Waals surface area contributed by atoms with Gasteiger partial charge in [0, 0.05) is 5.39 Å². The summed E-state index contributed by atoms with van der Waals surface area (Å²) in [5.74, 6) is -0.717. The van der Waals surface area contributed by atoms with Gasteiger partial charge in [0.25, 0.3) is 5.91 Å². The molecule has 0 saturated heterocycles. The minimum absolute atomic E-state index is 0.0259. The van der Waals surface area contributed by atoms with Gasteiger partial charge in [-0.3, -0.25) is 4.79 Å². The Morgan fingerprint density at radius 3 is 2.38 bits per heavy atom. The van der Waals surface area contributed by atoms with Gasteiger partial charge < -0.3 is 15.9 Å². The lowest BCUT2D eigenvalue weighted by molar-refractivity contribution is 0.0977. The quantitative estimate of drug-likeness (QED) is 0.750. The van der Waals surface area contributed by atoms with Crippen LogP contribution in [0.5, 0.6) is 0 Å². The third-order valence-corrected chi connectivity index (χ3v) is 3.30. The first-order valence-electron chi connectivity index (χ1n) is 6.22. The molecular weight excluding hydrogens is 266 g/mol. The Morgan fingerprint density at radius 1 is 1.10 bits per heavy atom. The fourth-order valence-electron chi connectivity index (χ4n) is 2.22. The lowest BCUT2D eigenvalue weighted by atomic mass is 10.0. The molecule has 5 heteroatoms. The number of amides is 1. The van der Waals surface area contributed by atoms with Crippen molar-refractivity contribution in [3.05, 3.63) is 53.8 Å². The first-order valence-corrected chi connectivity index (χ1v) is 6.22. The van der Waals surface area contributed by atoms with E-state index in [0.29, 0.717) is 16.5 Å². The molecule has 1 amide bonds. The largest absolute Gasteiger partial charge is 0.449 e. The molecule has 0 radical (unpaired) electrons. The van der Waals surface area contributed by atoms with Crippen LogP contribution in [0.2, 0.25) is 0 Å². The zero-order chi connectivity index (χ0) is 15.0. The van der Waals surface area contributed by atoms with Crippen LogP contribution < -0.4 is 11.5 Å². The molecule has 0 aliphatic rings. The molecule has 1 aromatic heterocycles. The second-order valence-corrected chi connectivity index (χ2v) is 4.61. The van der Waals surface area contributed by atoms with E-state index < -0.39 is 5.91 Å². The smallest absolute Gasteiger partial charge is 0.286 e. The van der Waals surface area contributed by atoms with Gasteiger partial charge in [-0.2, -0.15) is 5.26 Å². The summed E-state index contributed by atoms with van der Waals surface area (Å²) in [6, 6.07) is 14.7. The molecule has 3 rings (SSSR count). The van der Waals surface area contributed by atoms with Crippen molar-refractivity contribution in [1.82, 2.24) is 0 Å². The van der Waals surface area contributed by atoms with Crippen molar-refractivity contribution >= 4 is 22.6 Å². The van der Waals surface area contributed by atoms with E-state index in [1.54, 1.807) is 18.2 Å². The first kappa shape index (κ1) is 12.8. The Morgan fingerprint density at radius 2 is 1.76 bits per heavy atom. The fourth-order valence-corrected chi connectivity index (χ4v) is 2.22. The van der Waals surface area contributed by atoms with E-state index in [1.807, 2.05) is 24.3 Å². The number of nitriles is 1. The Hall–Kier alpha value is -3.26. The number of fused-ring (bicyclic) bond motifs is 1. The maximum absolute atomic E-state index is 11.2. The van der Waals surface area contributed by atoms with Gasteiger partial charge in [0.05, 0.1) is 17.3 Å². The average Bonchev–Trinajstić information content (AvgIpc) is 2.84. The predicted octanol–water partition coefficient (Wildman–Crippen LogP) is 2.65. The molecule has 0 saturated carbocycles. The number of carbonyl (C=O) groups excluding carboxylic acids is 1. The van der Waals surface area contributed by atoms with Gasteiger partial charge in [0.2, 0.25) is 5.76 Å². The molecule has 0 unspecified atom stereocenters. The highest BCUT2D eigenvalue weighted by molar-refractivity contribution is 6.05. The van der Waals surface area contributed by atoms with E-state index in [1.165, 1.54) is 0 Å². The summed E-state index contributed by atoms with van der Waals surface area (Å²) in [6.45, 7) is 0. The van der Waals surface area contributed by atoms with E-state index in [-0.39, 0.29) is 11.4 Å². The number of primary amides is 1. The molecule has 4 N–H and O–H groups in total. The highest BCUT2D eigenvalue weighted by atomic mass is 16.3. The number of carbonyl (C=O) groups is 1. The normalized spacial score (nSPS) is 10.4. The summed E-state index contributed by atoms with van der Waals surface area (Å²) in [5.41, 5.74) is 14.3. The summed E-state index contributed by atoms with van der Waals surface area (Å²) in [7, 11) is 0. The van der Waals surface area contributed by atoms with Crippen LogP contribution >= 0.6 is 0 Å². The fraction of sp³-hybridized carbons (Fsp3) is 0. The standard InChI is InChI=1S/C16H11N3O2/c17-8-9-1-3-10(4-2-9)11-5-6-13-12(7-11)14(18)15(21-13)16(19)20/h1-7H,18H2,(H2,19,20). The zero-order valence-corrected chi connectivity index (χ0v) is 11.0. The monoisotopic (exact) mass is 277 g/mol. The molecule has 21 heavy (non-hydrogen) atoms. The van der Waals surface area contributed by atoms with Crippen LogP contribution in [0.3, 0.4) is 0 Å². The molecule has 5 nitrogen and oxygen atoms in total. The molecule has 0 aliphatic heterocycles. The molecule has 0 bridgehead atoms. The van der Waals surface area contributed by atoms with Crippen LogP contribution in [0, 0.1) is 11.3 Å². The summed E-state index contributed by atoms with van der Waals surface area (Å²) < 4.78 is 5.35. The van der Waals surface area contributed by atoms with Crippen LogP contribution in [0.25, 0.3) is 22.1 Å². The van der Waals surface area contributed by atoms with Crippen molar-refractivity contribution in [3.8, 4) is 17.2 Å². The maximum atomic E-state index is 11.2. The molecule has 0 fully saturated rings. The summed E-state index contributed by atoms with van der Waals surface area (Å²) >= 11 is 0. The van der Waals surface area contributed by atoms with Crippen molar-refractivity contribution in [2.75, 3.05) is 5.73 Å². The molecule has 2 aromatic carbocycles. The number of benzene rings is 2. The van der Waals surface area contributed by atoms with Crippen LogP contribution in [0.15, 0.2) is 46.9 Å². The number of hydrogen-bond donors (Lipinski definition) is 2. The second-order valence-electron chi connectivity index (χ2n) is 4.61. The Kier molecular flexibility index (Phi) is 2.85. The van der Waals surface area contributed by atoms with E-state index in [4.69, 9.17) is 21.1 Å². The van der Waals surface area contributed by atoms with Gasteiger partial charge in [-0.1, -0.05) is 18.2 Å². The first-order chi connectivity index (χ1) is 10.1. The maximum Gasteiger partial charge on any atom is 0.286 e. The third kappa shape index (κ3) is 2.09. The minimum atomic E-state index is -0.691. The van der Waals surface area contributed by atoms with Crippen molar-refractivity contribution in [2.45, 2.75) is 0 Å². The van der Waals surface area contributed by atoms with Crippen LogP contribution in [-0.2, 0) is 0 Å². The van der Waals surface area contributed by atoms with E-state index in [0.717, 1.165) is 11.1 Å². The summed E-state index contributed by atoms with van der Waals surface area (Å²) in [4.78, 5) is 11.2. The minimum Gasteiger partial charge on any atom is -0.449 e. The molecular formula is C16H11N3O2. The van der Waals surface area contributed by atoms with E-state index in [2.05, 4.69) is 6.07 Å². The molecule has 0 atom stereocenters. The third-order valence-electron chi connectivity index (χ3n) is 3.30. The van der Waals surface area contributed by atoms with Gasteiger partial charge in [0.1, 0.15) is 5.58 Å². The lowest BCUT2D eigenvalue weighted by Crippen LogP contribution is -2.11. The lowest BCUT2D eigenvalue weighted by Gasteiger charge is -2.02. The van der Waals surface area contributed by atoms with E-state index >= 15 is 0 Å². The molecule has 0 spiro atoms. The van der Waals surface area contributed by atoms with Gasteiger partial charge in [0.15, 0.2) is 0 Å². The van der Waals surface area contributed by atoms with Crippen LogP contribution in [-0.4, -0.2) is 5.91 Å². The van der Waals surface area contributed by atoms with Gasteiger partial charge >= 0.3 is 0 Å². The van der Waals surface area contributed by atoms with Crippen LogP contribution in [0.1, 0.15) is 16.1 Å². The van der Waals surface area contributed by atoms with Gasteiger partial charge in [-0.15, -0.1) is 0 Å². The number of furan rings is 1. The number of hydrogen-bond acceptors (Lipinski definition) is 4. The highest BCUT2D eigenvalue weighted by Crippen LogP contribution is 2.32. The van der Waals surface area contributed by atoms with Crippen LogP contribution in [0.4, 0.5) is 5.69 Å². The topological polar surface area (TPSA) is 106 Å². The number of nitrogens with zero attached hydrogens (tertiary/aromatic N) is 1. The summed E-state index contributed by atoms with van der Waals surface area (Å²) in [6.07, 6.45) is 0. The molecule has 1 heterocycles. The summed E-state index contributed by atoms with van der Waals surface area (Å²) in [5, 5.41) is 9.45. The number of rotatable bonds is 2. The molecule has 102 valence electrons. The number of nitrogens with two attached hydrogens (primary N) is 2. The van der Waals surface area contributed by atoms with Gasteiger partial charge in [-0.25, -0.2) is 0 Å². The zero-order valence-electron chi connectivity index (χ0n) is 11.0. The van der Waals surface area contributed by atoms with Crippen molar-refractivity contribution in [3.63, 3.8) is 0 Å². The second kappa shape index (κ2) is 4.69. The Labute approximate surface area is 120 Å². The SMILES string of the molecule is N#Cc1ccc(-c2ccc3oc(C(N)=O)c(N)c3c2)cc1. The van der Waals surface area contributed by atoms with E-state index in [9.17, 15) is 4.79 Å². The van der Waals surface area contributed by atoms with Crippen molar-refractivity contribution < 1.29 is 9.21 Å². The number of anilines is 1. The number of nitrogen functional groups attached to an aromatic ring is 1. The van der Waals surface area contributed by atoms with Crippen molar-refractivity contribution in [1.29, 1.82) is 5.26 Å². The average molecular weight is 277 g/mol. The predicted molar refractivity (Wildman–Crippen MR) is 79.3 cm³/mol. The molecule has 3 aromatic rings. The van der Waals surface area contributed by atoms with Crippen molar-refractivity contribution in [2.24, 2.45) is 5.73 Å². The Balaban J connectivity index is 2.14.